The Kier molecular flexibility index (Phi) is 7.11. The Morgan fingerprint density at radius 2 is 0.870 bits per heavy atom. The molecule has 0 fully saturated rings. The number of hydrogen-bond acceptors (Lipinski definition) is 5. The predicted molar refractivity (Wildman–Crippen MR) is 214 cm³/mol. The summed E-state index contributed by atoms with van der Waals surface area (Å²) in [6.07, 6.45) is 0. The van der Waals surface area contributed by atoms with Crippen molar-refractivity contribution in [3.8, 4) is 57.7 Å². The highest BCUT2D eigenvalue weighted by Gasteiger charge is 2.23. The van der Waals surface area contributed by atoms with Gasteiger partial charge >= 0.3 is 0 Å². The fourth-order valence-corrected chi connectivity index (χ4v) is 7.62. The van der Waals surface area contributed by atoms with E-state index in [1.54, 1.807) is 12.1 Å². The summed E-state index contributed by atoms with van der Waals surface area (Å²) in [5.41, 5.74) is 8.50. The van der Waals surface area contributed by atoms with E-state index in [9.17, 15) is 10.5 Å². The normalized spacial score (nSPS) is 11.3. The molecule has 0 spiro atoms. The molecule has 250 valence electrons. The fraction of sp³-hybridized carbons (Fsp3) is 0. The van der Waals surface area contributed by atoms with Crippen LogP contribution in [0, 0.1) is 22.7 Å². The summed E-state index contributed by atoms with van der Waals surface area (Å²) in [5.74, 6) is 1.27. The Bertz CT molecular complexity index is 3110. The topological polar surface area (TPSA) is 96.1 Å². The van der Waals surface area contributed by atoms with Crippen molar-refractivity contribution in [1.29, 1.82) is 10.5 Å². The minimum absolute atomic E-state index is 0.318. The number of para-hydroxylation sites is 3. The second-order valence-electron chi connectivity index (χ2n) is 13.1. The molecule has 7 nitrogen and oxygen atoms in total. The molecule has 0 radical (unpaired) electrons. The zero-order chi connectivity index (χ0) is 36.2. The third-order valence-electron chi connectivity index (χ3n) is 10.0. The van der Waals surface area contributed by atoms with Crippen molar-refractivity contribution in [1.82, 2.24) is 24.1 Å². The summed E-state index contributed by atoms with van der Waals surface area (Å²) in [6, 6.07) is 59.3. The number of nitrogens with zero attached hydrogens (tertiary/aromatic N) is 7. The second kappa shape index (κ2) is 12.4. The smallest absolute Gasteiger partial charge is 0.165 e. The Balaban J connectivity index is 1.25. The molecular formula is C47H27N7. The van der Waals surface area contributed by atoms with E-state index in [1.807, 2.05) is 91.0 Å². The largest absolute Gasteiger partial charge is 0.309 e. The number of hydrogen-bond donors (Lipinski definition) is 0. The minimum Gasteiger partial charge on any atom is -0.309 e. The number of fused-ring (bicyclic) bond motifs is 6. The molecule has 3 aromatic heterocycles. The maximum absolute atomic E-state index is 10.8. The molecule has 0 bridgehead atoms. The van der Waals surface area contributed by atoms with Gasteiger partial charge in [-0.2, -0.15) is 10.5 Å². The number of rotatable bonds is 5. The Morgan fingerprint density at radius 3 is 1.44 bits per heavy atom. The molecule has 0 aliphatic carbocycles. The van der Waals surface area contributed by atoms with Crippen LogP contribution in [0.4, 0.5) is 0 Å². The SMILES string of the molecule is N#Cc1cc(-n2c3ccccc3c3cc4c5ccccc5n(-c5ccccc5)c4cc32)c(C#N)cc1-c1nc(-c2ccccc2)nc(-c2ccccc2)n1. The molecule has 10 aromatic rings. The average Bonchev–Trinajstić information content (AvgIpc) is 3.75. The van der Waals surface area contributed by atoms with E-state index in [2.05, 4.69) is 81.9 Å². The Hall–Kier alpha value is -7.87. The first-order chi connectivity index (χ1) is 26.7. The van der Waals surface area contributed by atoms with Crippen LogP contribution in [-0.4, -0.2) is 24.1 Å². The molecule has 54 heavy (non-hydrogen) atoms. The Labute approximate surface area is 309 Å². The highest BCUT2D eigenvalue weighted by atomic mass is 15.0. The second-order valence-corrected chi connectivity index (χ2v) is 13.1. The zero-order valence-corrected chi connectivity index (χ0v) is 28.7. The molecule has 0 amide bonds. The van der Waals surface area contributed by atoms with Gasteiger partial charge in [0.25, 0.3) is 0 Å². The highest BCUT2D eigenvalue weighted by Crippen LogP contribution is 2.41. The van der Waals surface area contributed by atoms with Crippen LogP contribution in [-0.2, 0) is 0 Å². The number of benzene rings is 7. The van der Waals surface area contributed by atoms with Gasteiger partial charge in [0.05, 0.1) is 45.0 Å². The molecule has 7 aromatic carbocycles. The summed E-state index contributed by atoms with van der Waals surface area (Å²) in [5, 5.41) is 25.9. The first-order valence-corrected chi connectivity index (χ1v) is 17.6. The summed E-state index contributed by atoms with van der Waals surface area (Å²) < 4.78 is 4.40. The van der Waals surface area contributed by atoms with Crippen LogP contribution in [0.2, 0.25) is 0 Å². The lowest BCUT2D eigenvalue weighted by atomic mass is 10.0. The summed E-state index contributed by atoms with van der Waals surface area (Å²) >= 11 is 0. The van der Waals surface area contributed by atoms with Gasteiger partial charge in [-0.15, -0.1) is 0 Å². The van der Waals surface area contributed by atoms with Gasteiger partial charge in [0, 0.05) is 43.9 Å². The first kappa shape index (κ1) is 30.9. The average molecular weight is 690 g/mol. The van der Waals surface area contributed by atoms with Crippen molar-refractivity contribution in [2.75, 3.05) is 0 Å². The summed E-state index contributed by atoms with van der Waals surface area (Å²) in [6.45, 7) is 0. The molecule has 0 saturated heterocycles. The van der Waals surface area contributed by atoms with Crippen molar-refractivity contribution in [2.24, 2.45) is 0 Å². The van der Waals surface area contributed by atoms with Crippen molar-refractivity contribution in [3.05, 3.63) is 175 Å². The van der Waals surface area contributed by atoms with Gasteiger partial charge in [0.2, 0.25) is 0 Å². The standard InChI is InChI=1S/C47H27N7/c48-28-32-25-42(33(29-49)24-37(32)47-51-45(30-14-4-1-5-15-30)50-46(52-47)31-16-6-2-7-17-31)54-41-23-13-11-21-36(41)39-26-38-35-20-10-12-22-40(35)53(43(38)27-44(39)54)34-18-8-3-9-19-34/h1-27H. The first-order valence-electron chi connectivity index (χ1n) is 17.6. The van der Waals surface area contributed by atoms with E-state index in [4.69, 9.17) is 15.0 Å². The van der Waals surface area contributed by atoms with Crippen LogP contribution in [0.3, 0.4) is 0 Å². The van der Waals surface area contributed by atoms with Gasteiger partial charge in [-0.3, -0.25) is 0 Å². The van der Waals surface area contributed by atoms with Crippen LogP contribution in [0.5, 0.6) is 0 Å². The van der Waals surface area contributed by atoms with E-state index < -0.39 is 0 Å². The van der Waals surface area contributed by atoms with Crippen LogP contribution in [0.15, 0.2) is 164 Å². The van der Waals surface area contributed by atoms with E-state index in [0.29, 0.717) is 39.9 Å². The Morgan fingerprint density at radius 1 is 0.389 bits per heavy atom. The van der Waals surface area contributed by atoms with Gasteiger partial charge in [-0.25, -0.2) is 15.0 Å². The van der Waals surface area contributed by atoms with E-state index in [0.717, 1.165) is 60.4 Å². The third kappa shape index (κ3) is 4.85. The van der Waals surface area contributed by atoms with E-state index in [-0.39, 0.29) is 0 Å². The summed E-state index contributed by atoms with van der Waals surface area (Å²) in [7, 11) is 0. The van der Waals surface area contributed by atoms with Crippen LogP contribution in [0.1, 0.15) is 11.1 Å². The molecule has 10 rings (SSSR count). The molecule has 0 aliphatic heterocycles. The highest BCUT2D eigenvalue weighted by molar-refractivity contribution is 6.19. The van der Waals surface area contributed by atoms with Gasteiger partial charge in [-0.1, -0.05) is 115 Å². The summed E-state index contributed by atoms with van der Waals surface area (Å²) in [4.78, 5) is 14.6. The lowest BCUT2D eigenvalue weighted by Gasteiger charge is -2.14. The molecule has 0 aliphatic rings. The quantitative estimate of drug-likeness (QED) is 0.179. The third-order valence-corrected chi connectivity index (χ3v) is 10.0. The number of aromatic nitrogens is 5. The fourth-order valence-electron chi connectivity index (χ4n) is 7.62. The van der Waals surface area contributed by atoms with Gasteiger partial charge in [0.1, 0.15) is 6.07 Å². The van der Waals surface area contributed by atoms with Crippen LogP contribution < -0.4 is 0 Å². The van der Waals surface area contributed by atoms with Crippen molar-refractivity contribution < 1.29 is 0 Å². The van der Waals surface area contributed by atoms with Crippen LogP contribution >= 0.6 is 0 Å². The monoisotopic (exact) mass is 689 g/mol. The maximum Gasteiger partial charge on any atom is 0.165 e. The number of nitriles is 2. The lowest BCUT2D eigenvalue weighted by molar-refractivity contribution is 1.07. The van der Waals surface area contributed by atoms with Crippen molar-refractivity contribution in [3.63, 3.8) is 0 Å². The van der Waals surface area contributed by atoms with Crippen LogP contribution in [0.25, 0.3) is 89.2 Å². The van der Waals surface area contributed by atoms with E-state index in [1.165, 1.54) is 0 Å². The maximum atomic E-state index is 10.8. The molecule has 0 unspecified atom stereocenters. The molecule has 7 heteroatoms. The minimum atomic E-state index is 0.318. The van der Waals surface area contributed by atoms with Gasteiger partial charge < -0.3 is 9.13 Å². The molecule has 0 saturated carbocycles. The van der Waals surface area contributed by atoms with E-state index >= 15 is 0 Å². The molecule has 0 N–H and O–H groups in total. The zero-order valence-electron chi connectivity index (χ0n) is 28.7. The predicted octanol–water partition coefficient (Wildman–Crippen LogP) is 10.8. The molecule has 0 atom stereocenters. The van der Waals surface area contributed by atoms with Crippen molar-refractivity contribution >= 4 is 43.6 Å². The molecule has 3 heterocycles. The van der Waals surface area contributed by atoms with Gasteiger partial charge in [0.15, 0.2) is 17.5 Å². The lowest BCUT2D eigenvalue weighted by Crippen LogP contribution is -2.04. The van der Waals surface area contributed by atoms with Crippen molar-refractivity contribution in [2.45, 2.75) is 0 Å². The van der Waals surface area contributed by atoms with Gasteiger partial charge in [-0.05, 0) is 48.5 Å². The molecular weight excluding hydrogens is 663 g/mol.